The van der Waals surface area contributed by atoms with Crippen LogP contribution in [0.5, 0.6) is 0 Å². The van der Waals surface area contributed by atoms with E-state index in [1.807, 2.05) is 0 Å². The van der Waals surface area contributed by atoms with Gasteiger partial charge in [0.15, 0.2) is 0 Å². The van der Waals surface area contributed by atoms with Crippen molar-refractivity contribution >= 4 is 12.6 Å². The highest BCUT2D eigenvalue weighted by Gasteiger charge is 2.10. The molecule has 1 unspecified atom stereocenters. The first-order valence-electron chi connectivity index (χ1n) is 5.48. The Morgan fingerprint density at radius 1 is 1.07 bits per heavy atom. The van der Waals surface area contributed by atoms with Crippen molar-refractivity contribution in [1.29, 1.82) is 0 Å². The summed E-state index contributed by atoms with van der Waals surface area (Å²) >= 11 is 4.30. The largest absolute Gasteiger partial charge is 0.379 e. The van der Waals surface area contributed by atoms with Gasteiger partial charge in [0.1, 0.15) is 0 Å². The van der Waals surface area contributed by atoms with E-state index in [-0.39, 0.29) is 0 Å². The normalized spacial score (nSPS) is 13.5. The molecule has 0 aliphatic carbocycles. The lowest BCUT2D eigenvalue weighted by Crippen LogP contribution is -2.19. The van der Waals surface area contributed by atoms with Crippen LogP contribution in [0, 0.1) is 11.8 Å². The van der Waals surface area contributed by atoms with Gasteiger partial charge in [0.2, 0.25) is 0 Å². The Labute approximate surface area is 93.8 Å². The summed E-state index contributed by atoms with van der Waals surface area (Å²) in [4.78, 5) is 0. The van der Waals surface area contributed by atoms with E-state index in [0.717, 1.165) is 25.4 Å². The van der Waals surface area contributed by atoms with Gasteiger partial charge >= 0.3 is 0 Å². The number of rotatable bonds is 9. The van der Waals surface area contributed by atoms with Gasteiger partial charge in [-0.3, -0.25) is 0 Å². The van der Waals surface area contributed by atoms with Gasteiger partial charge in [-0.05, 0) is 24.0 Å². The highest BCUT2D eigenvalue weighted by atomic mass is 32.1. The van der Waals surface area contributed by atoms with E-state index in [9.17, 15) is 0 Å². The monoisotopic (exact) mass is 220 g/mol. The third-order valence-electron chi connectivity index (χ3n) is 2.23. The van der Waals surface area contributed by atoms with Crippen LogP contribution in [0.25, 0.3) is 0 Å². The fraction of sp³-hybridized carbons (Fsp3) is 1.00. The summed E-state index contributed by atoms with van der Waals surface area (Å²) in [6.07, 6.45) is 1.07. The van der Waals surface area contributed by atoms with Crippen LogP contribution in [0.2, 0.25) is 0 Å². The maximum atomic E-state index is 5.52. The molecular weight excluding hydrogens is 196 g/mol. The SMILES string of the molecule is CCCOCCOCC(CS)C(C)C. The first-order chi connectivity index (χ1) is 6.72. The smallest absolute Gasteiger partial charge is 0.0700 e. The third-order valence-corrected chi connectivity index (χ3v) is 2.70. The van der Waals surface area contributed by atoms with Gasteiger partial charge in [0.25, 0.3) is 0 Å². The van der Waals surface area contributed by atoms with Gasteiger partial charge in [-0.25, -0.2) is 0 Å². The lowest BCUT2D eigenvalue weighted by molar-refractivity contribution is 0.0305. The van der Waals surface area contributed by atoms with Crippen LogP contribution >= 0.6 is 12.6 Å². The predicted octanol–water partition coefficient (Wildman–Crippen LogP) is 2.63. The second-order valence-electron chi connectivity index (χ2n) is 3.87. The maximum absolute atomic E-state index is 5.52. The number of hydrogen-bond donors (Lipinski definition) is 1. The molecule has 0 rings (SSSR count). The van der Waals surface area contributed by atoms with Crippen LogP contribution < -0.4 is 0 Å². The van der Waals surface area contributed by atoms with Gasteiger partial charge in [-0.1, -0.05) is 20.8 Å². The lowest BCUT2D eigenvalue weighted by Gasteiger charge is -2.18. The predicted molar refractivity (Wildman–Crippen MR) is 64.1 cm³/mol. The summed E-state index contributed by atoms with van der Waals surface area (Å²) in [5, 5.41) is 0. The maximum Gasteiger partial charge on any atom is 0.0700 e. The molecule has 0 aromatic carbocycles. The van der Waals surface area contributed by atoms with Gasteiger partial charge in [-0.15, -0.1) is 0 Å². The molecule has 0 aromatic rings. The van der Waals surface area contributed by atoms with Crippen molar-refractivity contribution in [2.24, 2.45) is 11.8 Å². The average Bonchev–Trinajstić information content (AvgIpc) is 2.16. The molecule has 0 aliphatic heterocycles. The van der Waals surface area contributed by atoms with E-state index in [2.05, 4.69) is 33.4 Å². The Morgan fingerprint density at radius 3 is 2.21 bits per heavy atom. The van der Waals surface area contributed by atoms with Crippen molar-refractivity contribution in [1.82, 2.24) is 0 Å². The Kier molecular flexibility index (Phi) is 10.0. The van der Waals surface area contributed by atoms with Crippen molar-refractivity contribution < 1.29 is 9.47 Å². The molecule has 0 aromatic heterocycles. The van der Waals surface area contributed by atoms with Gasteiger partial charge < -0.3 is 9.47 Å². The van der Waals surface area contributed by atoms with Crippen LogP contribution in [-0.4, -0.2) is 32.2 Å². The summed E-state index contributed by atoms with van der Waals surface area (Å²) in [6.45, 7) is 9.58. The molecule has 0 amide bonds. The van der Waals surface area contributed by atoms with Crippen molar-refractivity contribution in [3.05, 3.63) is 0 Å². The number of thiol groups is 1. The summed E-state index contributed by atoms with van der Waals surface area (Å²) in [6, 6.07) is 0. The Hall–Kier alpha value is 0.270. The molecule has 0 fully saturated rings. The number of ether oxygens (including phenoxy) is 2. The van der Waals surface area contributed by atoms with Crippen LogP contribution in [0.1, 0.15) is 27.2 Å². The average molecular weight is 220 g/mol. The minimum absolute atomic E-state index is 0.560. The molecule has 0 aliphatic rings. The molecule has 1 atom stereocenters. The summed E-state index contributed by atoms with van der Waals surface area (Å²) in [7, 11) is 0. The molecular formula is C11H24O2S. The molecule has 0 saturated heterocycles. The zero-order valence-corrected chi connectivity index (χ0v) is 10.6. The summed E-state index contributed by atoms with van der Waals surface area (Å²) < 4.78 is 10.8. The second kappa shape index (κ2) is 9.81. The topological polar surface area (TPSA) is 18.5 Å². The zero-order chi connectivity index (χ0) is 10.8. The summed E-state index contributed by atoms with van der Waals surface area (Å²) in [5.41, 5.74) is 0. The standard InChI is InChI=1S/C11H24O2S/c1-4-5-12-6-7-13-8-11(9-14)10(2)3/h10-11,14H,4-9H2,1-3H3. The minimum Gasteiger partial charge on any atom is -0.379 e. The number of hydrogen-bond acceptors (Lipinski definition) is 3. The molecule has 0 saturated carbocycles. The molecule has 0 radical (unpaired) electrons. The molecule has 14 heavy (non-hydrogen) atoms. The highest BCUT2D eigenvalue weighted by Crippen LogP contribution is 2.12. The quantitative estimate of drug-likeness (QED) is 0.476. The van der Waals surface area contributed by atoms with E-state index in [1.165, 1.54) is 0 Å². The fourth-order valence-electron chi connectivity index (χ4n) is 1.05. The molecule has 86 valence electrons. The van der Waals surface area contributed by atoms with Gasteiger partial charge in [0, 0.05) is 6.61 Å². The van der Waals surface area contributed by atoms with Gasteiger partial charge in [0.05, 0.1) is 19.8 Å². The first kappa shape index (κ1) is 14.3. The second-order valence-corrected chi connectivity index (χ2v) is 4.24. The van der Waals surface area contributed by atoms with E-state index in [1.54, 1.807) is 0 Å². The van der Waals surface area contributed by atoms with Crippen LogP contribution in [0.15, 0.2) is 0 Å². The third kappa shape index (κ3) is 7.65. The Balaban J connectivity index is 3.25. The fourth-order valence-corrected chi connectivity index (χ4v) is 1.58. The zero-order valence-electron chi connectivity index (χ0n) is 9.66. The Bertz CT molecular complexity index is 118. The molecule has 0 N–H and O–H groups in total. The van der Waals surface area contributed by atoms with Crippen molar-refractivity contribution in [2.45, 2.75) is 27.2 Å². The molecule has 0 spiro atoms. The molecule has 0 bridgehead atoms. The van der Waals surface area contributed by atoms with Crippen LogP contribution in [-0.2, 0) is 9.47 Å². The van der Waals surface area contributed by atoms with Crippen LogP contribution in [0.4, 0.5) is 0 Å². The lowest BCUT2D eigenvalue weighted by atomic mass is 9.99. The van der Waals surface area contributed by atoms with E-state index >= 15 is 0 Å². The van der Waals surface area contributed by atoms with Crippen molar-refractivity contribution in [3.63, 3.8) is 0 Å². The molecule has 3 heteroatoms. The minimum atomic E-state index is 0.560. The first-order valence-corrected chi connectivity index (χ1v) is 6.12. The Morgan fingerprint density at radius 2 is 1.71 bits per heavy atom. The molecule has 0 heterocycles. The van der Waals surface area contributed by atoms with Crippen LogP contribution in [0.3, 0.4) is 0 Å². The van der Waals surface area contributed by atoms with E-state index in [0.29, 0.717) is 25.0 Å². The van der Waals surface area contributed by atoms with E-state index < -0.39 is 0 Å². The summed E-state index contributed by atoms with van der Waals surface area (Å²) in [5.74, 6) is 2.10. The van der Waals surface area contributed by atoms with Gasteiger partial charge in [-0.2, -0.15) is 12.6 Å². The highest BCUT2D eigenvalue weighted by molar-refractivity contribution is 7.80. The van der Waals surface area contributed by atoms with Crippen molar-refractivity contribution in [2.75, 3.05) is 32.2 Å². The molecule has 2 nitrogen and oxygen atoms in total. The van der Waals surface area contributed by atoms with E-state index in [4.69, 9.17) is 9.47 Å². The van der Waals surface area contributed by atoms with Crippen molar-refractivity contribution in [3.8, 4) is 0 Å².